The summed E-state index contributed by atoms with van der Waals surface area (Å²) in [6, 6.07) is 0. The van der Waals surface area contributed by atoms with Crippen LogP contribution in [0.2, 0.25) is 0 Å². The third-order valence-electron chi connectivity index (χ3n) is 1.45. The van der Waals surface area contributed by atoms with Crippen LogP contribution in [0.3, 0.4) is 0 Å². The van der Waals surface area contributed by atoms with Crippen LogP contribution in [0.1, 0.15) is 0 Å². The number of rotatable bonds is 3. The van der Waals surface area contributed by atoms with Gasteiger partial charge in [0.25, 0.3) is 0 Å². The van der Waals surface area contributed by atoms with Gasteiger partial charge < -0.3 is 4.90 Å². The molecule has 7 heteroatoms. The predicted molar refractivity (Wildman–Crippen MR) is 46.3 cm³/mol. The van der Waals surface area contributed by atoms with E-state index in [1.54, 1.807) is 0 Å². The molecule has 7 nitrogen and oxygen atoms in total. The van der Waals surface area contributed by atoms with Crippen LogP contribution < -0.4 is 22.3 Å². The second kappa shape index (κ2) is 4.10. The molecule has 0 aliphatic carbocycles. The van der Waals surface area contributed by atoms with Gasteiger partial charge in [0.2, 0.25) is 5.96 Å². The average molecular weight is 173 g/mol. The molecule has 1 aliphatic rings. The highest BCUT2D eigenvalue weighted by Gasteiger charge is 2.09. The Morgan fingerprint density at radius 1 is 1.42 bits per heavy atom. The average Bonchev–Trinajstić information content (AvgIpc) is 2.51. The minimum absolute atomic E-state index is 0.594. The molecule has 0 aromatic rings. The highest BCUT2D eigenvalue weighted by Crippen LogP contribution is 1.83. The van der Waals surface area contributed by atoms with Gasteiger partial charge in [-0.2, -0.15) is 0 Å². The van der Waals surface area contributed by atoms with Gasteiger partial charge >= 0.3 is 0 Å². The second-order valence-electron chi connectivity index (χ2n) is 2.79. The van der Waals surface area contributed by atoms with Crippen molar-refractivity contribution >= 4 is 5.96 Å². The van der Waals surface area contributed by atoms with Gasteiger partial charge in [0.15, 0.2) is 0 Å². The van der Waals surface area contributed by atoms with Crippen molar-refractivity contribution in [2.45, 2.75) is 0 Å². The number of hydrazone groups is 1. The molecule has 0 aromatic carbocycles. The summed E-state index contributed by atoms with van der Waals surface area (Å²) in [4.78, 5) is 2.05. The fourth-order valence-corrected chi connectivity index (χ4v) is 0.742. The number of likely N-dealkylation sites (N-methyl/N-ethyl adjacent to an activating group) is 1. The summed E-state index contributed by atoms with van der Waals surface area (Å²) in [6.45, 7) is 1.61. The van der Waals surface area contributed by atoms with Crippen molar-refractivity contribution in [3.63, 3.8) is 0 Å². The molecule has 0 amide bonds. The molecule has 0 aromatic heterocycles. The van der Waals surface area contributed by atoms with Crippen LogP contribution in [-0.2, 0) is 0 Å². The summed E-state index contributed by atoms with van der Waals surface area (Å²) in [7, 11) is 3.99. The Balaban J connectivity index is 2.23. The molecule has 1 rings (SSSR count). The Kier molecular flexibility index (Phi) is 3.09. The minimum Gasteiger partial charge on any atom is -0.308 e. The monoisotopic (exact) mass is 173 g/mol. The van der Waals surface area contributed by atoms with Gasteiger partial charge in [-0.25, -0.2) is 11.4 Å². The summed E-state index contributed by atoms with van der Waals surface area (Å²) in [5.74, 6) is 6.25. The zero-order valence-electron chi connectivity index (χ0n) is 7.33. The van der Waals surface area contributed by atoms with Gasteiger partial charge in [0.05, 0.1) is 0 Å². The van der Waals surface area contributed by atoms with Gasteiger partial charge in [-0.15, -0.1) is 10.6 Å². The first-order valence-electron chi connectivity index (χ1n) is 3.71. The molecule has 0 saturated heterocycles. The lowest BCUT2D eigenvalue weighted by atomic mass is 10.5. The normalized spacial score (nSPS) is 15.5. The maximum absolute atomic E-state index is 5.66. The number of guanidine groups is 1. The van der Waals surface area contributed by atoms with E-state index >= 15 is 0 Å². The van der Waals surface area contributed by atoms with Gasteiger partial charge in [0.1, 0.15) is 0 Å². The first kappa shape index (κ1) is 9.04. The maximum Gasteiger partial charge on any atom is 0.248 e. The molecular weight excluding hydrogens is 158 g/mol. The van der Waals surface area contributed by atoms with Crippen molar-refractivity contribution in [2.24, 2.45) is 10.9 Å². The number of nitrogens with one attached hydrogen (secondary N) is 3. The number of nitrogens with two attached hydrogens (primary N) is 1. The first-order valence-corrected chi connectivity index (χ1v) is 3.71. The van der Waals surface area contributed by atoms with E-state index in [9.17, 15) is 0 Å². The van der Waals surface area contributed by atoms with Crippen LogP contribution in [0.5, 0.6) is 0 Å². The maximum atomic E-state index is 5.66. The van der Waals surface area contributed by atoms with E-state index in [0.717, 1.165) is 13.1 Å². The molecule has 0 fully saturated rings. The largest absolute Gasteiger partial charge is 0.308 e. The second-order valence-corrected chi connectivity index (χ2v) is 2.79. The summed E-state index contributed by atoms with van der Waals surface area (Å²) in [6.07, 6.45) is 0. The number of hydrogen-bond donors (Lipinski definition) is 4. The lowest BCUT2D eigenvalue weighted by Gasteiger charge is -2.19. The molecule has 5 N–H and O–H groups in total. The summed E-state index contributed by atoms with van der Waals surface area (Å²) < 4.78 is 0. The van der Waals surface area contributed by atoms with Crippen molar-refractivity contribution in [1.82, 2.24) is 26.4 Å². The van der Waals surface area contributed by atoms with Gasteiger partial charge in [0, 0.05) is 13.1 Å². The SMILES string of the molecule is CN(C)CCN(N)C1=NNNN1. The standard InChI is InChI=1S/C5H15N7/c1-11(2)3-4-12(6)5-7-9-10-8-5/h9-10H,3-4,6H2,1-2H3,(H,7,8). The number of hydrazine groups is 3. The molecule has 0 spiro atoms. The van der Waals surface area contributed by atoms with Crippen LogP contribution in [0, 0.1) is 0 Å². The smallest absolute Gasteiger partial charge is 0.248 e. The number of hydrogen-bond acceptors (Lipinski definition) is 7. The lowest BCUT2D eigenvalue weighted by molar-refractivity contribution is 0.330. The Morgan fingerprint density at radius 2 is 2.17 bits per heavy atom. The summed E-state index contributed by atoms with van der Waals surface area (Å²) in [5.41, 5.74) is 7.89. The van der Waals surface area contributed by atoms with E-state index in [-0.39, 0.29) is 0 Å². The molecule has 0 radical (unpaired) electrons. The molecule has 0 atom stereocenters. The Morgan fingerprint density at radius 3 is 2.67 bits per heavy atom. The van der Waals surface area contributed by atoms with Gasteiger partial charge in [-0.05, 0) is 14.1 Å². The van der Waals surface area contributed by atoms with E-state index in [4.69, 9.17) is 5.84 Å². The predicted octanol–water partition coefficient (Wildman–Crippen LogP) is -2.39. The van der Waals surface area contributed by atoms with Crippen molar-refractivity contribution in [2.75, 3.05) is 27.2 Å². The van der Waals surface area contributed by atoms with Crippen molar-refractivity contribution in [3.05, 3.63) is 0 Å². The highest BCUT2D eigenvalue weighted by molar-refractivity contribution is 5.79. The Bertz CT molecular complexity index is 165. The number of nitrogens with zero attached hydrogens (tertiary/aromatic N) is 3. The van der Waals surface area contributed by atoms with E-state index in [2.05, 4.69) is 26.5 Å². The summed E-state index contributed by atoms with van der Waals surface area (Å²) in [5, 5.41) is 5.38. The fraction of sp³-hybridized carbons (Fsp3) is 0.800. The van der Waals surface area contributed by atoms with Crippen LogP contribution in [0.15, 0.2) is 5.10 Å². The van der Waals surface area contributed by atoms with E-state index in [0.29, 0.717) is 5.96 Å². The van der Waals surface area contributed by atoms with Gasteiger partial charge in [-0.1, -0.05) is 0 Å². The molecule has 1 heterocycles. The van der Waals surface area contributed by atoms with Crippen LogP contribution >= 0.6 is 0 Å². The van der Waals surface area contributed by atoms with Gasteiger partial charge in [-0.3, -0.25) is 10.4 Å². The van der Waals surface area contributed by atoms with E-state index in [1.807, 2.05) is 14.1 Å². The molecule has 1 aliphatic heterocycles. The van der Waals surface area contributed by atoms with Crippen molar-refractivity contribution in [3.8, 4) is 0 Å². The van der Waals surface area contributed by atoms with Crippen LogP contribution in [-0.4, -0.2) is 43.1 Å². The van der Waals surface area contributed by atoms with Crippen molar-refractivity contribution < 1.29 is 0 Å². The molecule has 12 heavy (non-hydrogen) atoms. The third-order valence-corrected chi connectivity index (χ3v) is 1.45. The van der Waals surface area contributed by atoms with E-state index in [1.165, 1.54) is 5.01 Å². The van der Waals surface area contributed by atoms with Crippen LogP contribution in [0.4, 0.5) is 0 Å². The Labute approximate surface area is 71.5 Å². The quantitative estimate of drug-likeness (QED) is 0.281. The highest BCUT2D eigenvalue weighted by atomic mass is 15.8. The Hall–Kier alpha value is -1.05. The molecule has 0 bridgehead atoms. The minimum atomic E-state index is 0.594. The van der Waals surface area contributed by atoms with E-state index < -0.39 is 0 Å². The molecule has 70 valence electrons. The molecule has 0 unspecified atom stereocenters. The lowest BCUT2D eigenvalue weighted by Crippen LogP contribution is -2.49. The fourth-order valence-electron chi connectivity index (χ4n) is 0.742. The third kappa shape index (κ3) is 2.53. The zero-order valence-corrected chi connectivity index (χ0v) is 7.33. The topological polar surface area (TPSA) is 81.0 Å². The summed E-state index contributed by atoms with van der Waals surface area (Å²) >= 11 is 0. The molecule has 0 saturated carbocycles. The van der Waals surface area contributed by atoms with Crippen molar-refractivity contribution in [1.29, 1.82) is 0 Å². The van der Waals surface area contributed by atoms with Crippen LogP contribution in [0.25, 0.3) is 0 Å². The first-order chi connectivity index (χ1) is 5.70. The zero-order chi connectivity index (χ0) is 8.97. The molecular formula is C5H15N7.